The Morgan fingerprint density at radius 3 is 1.81 bits per heavy atom. The monoisotopic (exact) mass is 940 g/mol. The van der Waals surface area contributed by atoms with Crippen LogP contribution in [-0.4, -0.2) is 4.98 Å². The van der Waals surface area contributed by atoms with Gasteiger partial charge in [0, 0.05) is 61.5 Å². The maximum Gasteiger partial charge on any atom is 0.135 e. The first-order valence-electron chi connectivity index (χ1n) is 19.6. The number of ether oxygens (including phenoxy) is 1. The van der Waals surface area contributed by atoms with Crippen molar-refractivity contribution in [1.29, 1.82) is 0 Å². The van der Waals surface area contributed by atoms with Gasteiger partial charge in [-0.05, 0) is 95.5 Å². The van der Waals surface area contributed by atoms with Crippen LogP contribution in [0.25, 0.3) is 11.1 Å². The van der Waals surface area contributed by atoms with E-state index < -0.39 is 0 Å². The van der Waals surface area contributed by atoms with Crippen LogP contribution < -0.4 is 19.4 Å². The predicted octanol–water partition coefficient (Wildman–Crippen LogP) is 14.2. The Morgan fingerprint density at radius 2 is 1.17 bits per heavy atom. The Morgan fingerprint density at radius 1 is 0.586 bits per heavy atom. The number of anilines is 7. The van der Waals surface area contributed by atoms with E-state index in [0.717, 1.165) is 56.6 Å². The molecular weight excluding hydrogens is 892 g/mol. The average molecular weight is 941 g/mol. The first-order chi connectivity index (χ1) is 27.3. The Bertz CT molecular complexity index is 2520. The summed E-state index contributed by atoms with van der Waals surface area (Å²) in [5.74, 6) is 2.00. The van der Waals surface area contributed by atoms with Gasteiger partial charge in [0.05, 0.1) is 0 Å². The van der Waals surface area contributed by atoms with Gasteiger partial charge in [-0.25, -0.2) is 4.98 Å². The van der Waals surface area contributed by atoms with Crippen LogP contribution in [0.3, 0.4) is 0 Å². The van der Waals surface area contributed by atoms with Crippen molar-refractivity contribution in [2.24, 2.45) is 0 Å². The van der Waals surface area contributed by atoms with E-state index in [1.165, 1.54) is 16.7 Å². The van der Waals surface area contributed by atoms with Gasteiger partial charge in [-0.15, -0.1) is 59.9 Å². The quantitative estimate of drug-likeness (QED) is 0.142. The van der Waals surface area contributed by atoms with Gasteiger partial charge < -0.3 is 19.4 Å². The summed E-state index contributed by atoms with van der Waals surface area (Å²) < 4.78 is 6.95. The minimum atomic E-state index is -0.165. The van der Waals surface area contributed by atoms with Crippen LogP contribution in [-0.2, 0) is 31.9 Å². The molecule has 58 heavy (non-hydrogen) atoms. The molecule has 0 radical (unpaired) electrons. The van der Waals surface area contributed by atoms with Crippen LogP contribution in [0.4, 0.5) is 39.9 Å². The van der Waals surface area contributed by atoms with Crippen molar-refractivity contribution in [1.82, 2.24) is 4.98 Å². The SMILES string of the molecule is Cc1cc2c(cc1C)N(c1ccccc1)[CH-]N2c1[c-]c(Oc2[c-]c(N(c3ccccc3)c3cc(C(C)(C)C)ccn3)cc(-c3ccccc3)c2)cc(C(C)(C)C)c1.[Pt]. The molecule has 1 aromatic heterocycles. The predicted molar refractivity (Wildman–Crippen MR) is 237 cm³/mol. The minimum Gasteiger partial charge on any atom is -0.509 e. The van der Waals surface area contributed by atoms with Crippen LogP contribution in [0.2, 0.25) is 0 Å². The molecule has 8 rings (SSSR count). The smallest absolute Gasteiger partial charge is 0.135 e. The molecule has 0 fully saturated rings. The van der Waals surface area contributed by atoms with Crippen molar-refractivity contribution in [2.75, 3.05) is 14.7 Å². The number of aromatic nitrogens is 1. The summed E-state index contributed by atoms with van der Waals surface area (Å²) in [7, 11) is 0. The summed E-state index contributed by atoms with van der Waals surface area (Å²) in [5.41, 5.74) is 12.7. The average Bonchev–Trinajstić information content (AvgIpc) is 3.56. The number of benzene rings is 6. The number of pyridine rings is 1. The van der Waals surface area contributed by atoms with Gasteiger partial charge in [-0.3, -0.25) is 0 Å². The van der Waals surface area contributed by atoms with Crippen LogP contribution in [0, 0.1) is 32.6 Å². The summed E-state index contributed by atoms with van der Waals surface area (Å²) in [6.45, 7) is 19.9. The van der Waals surface area contributed by atoms with E-state index in [9.17, 15) is 0 Å². The van der Waals surface area contributed by atoms with Gasteiger partial charge in [-0.1, -0.05) is 114 Å². The molecule has 6 aromatic carbocycles. The van der Waals surface area contributed by atoms with Crippen LogP contribution in [0.1, 0.15) is 63.8 Å². The maximum absolute atomic E-state index is 6.95. The van der Waals surface area contributed by atoms with Crippen molar-refractivity contribution in [3.8, 4) is 22.6 Å². The van der Waals surface area contributed by atoms with E-state index >= 15 is 0 Å². The molecule has 0 spiro atoms. The van der Waals surface area contributed by atoms with Crippen molar-refractivity contribution in [2.45, 2.75) is 66.2 Å². The van der Waals surface area contributed by atoms with Gasteiger partial charge in [-0.2, -0.15) is 0 Å². The van der Waals surface area contributed by atoms with Crippen molar-refractivity contribution in [3.63, 3.8) is 0 Å². The maximum atomic E-state index is 6.95. The van der Waals surface area contributed by atoms with E-state index in [2.05, 4.69) is 216 Å². The molecular formula is C52H49N4OPt-3. The number of hydrogen-bond acceptors (Lipinski definition) is 5. The number of nitrogens with zero attached hydrogens (tertiary/aromatic N) is 4. The first-order valence-corrected chi connectivity index (χ1v) is 19.6. The van der Waals surface area contributed by atoms with E-state index in [1.807, 2.05) is 18.3 Å². The number of aryl methyl sites for hydroxylation is 2. The van der Waals surface area contributed by atoms with Gasteiger partial charge in [0.1, 0.15) is 5.82 Å². The summed E-state index contributed by atoms with van der Waals surface area (Å²) in [4.78, 5) is 11.6. The molecule has 0 bridgehead atoms. The number of hydrogen-bond donors (Lipinski definition) is 0. The van der Waals surface area contributed by atoms with Gasteiger partial charge in [0.15, 0.2) is 0 Å². The number of rotatable bonds is 8. The molecule has 1 aliphatic heterocycles. The zero-order chi connectivity index (χ0) is 39.9. The molecule has 0 saturated carbocycles. The van der Waals surface area contributed by atoms with E-state index in [1.54, 1.807) is 0 Å². The Hall–Kier alpha value is -5.64. The second-order valence-corrected chi connectivity index (χ2v) is 16.9. The van der Waals surface area contributed by atoms with Crippen molar-refractivity contribution < 1.29 is 25.8 Å². The Kier molecular flexibility index (Phi) is 11.4. The third kappa shape index (κ3) is 8.47. The molecule has 2 heterocycles. The molecule has 0 atom stereocenters. The third-order valence-corrected chi connectivity index (χ3v) is 10.6. The topological polar surface area (TPSA) is 31.8 Å². The molecule has 5 nitrogen and oxygen atoms in total. The standard InChI is InChI=1S/C52H49N4O.Pt/c1-36-26-48-49(27-37(36)2)55(35-54(48)42-20-14-10-15-21-42)44-30-41(52(6,7)8)31-47(33-44)57-46-29-39(38-18-12-9-13-19-38)28-45(34-46)56(43-22-16-11-17-23-43)50-32-40(24-25-53-50)51(3,4)5;/h9-32,35H,1-8H3;/q-3;. The molecule has 0 saturated heterocycles. The van der Waals surface area contributed by atoms with Crippen LogP contribution in [0.5, 0.6) is 11.5 Å². The van der Waals surface area contributed by atoms with Gasteiger partial charge >= 0.3 is 0 Å². The van der Waals surface area contributed by atoms with Crippen LogP contribution in [0.15, 0.2) is 146 Å². The summed E-state index contributed by atoms with van der Waals surface area (Å²) in [6.07, 6.45) is 1.90. The Labute approximate surface area is 359 Å². The Balaban J connectivity index is 0.00000512. The normalized spacial score (nSPS) is 12.6. The largest absolute Gasteiger partial charge is 0.509 e. The molecule has 296 valence electrons. The van der Waals surface area contributed by atoms with Crippen molar-refractivity contribution >= 4 is 39.9 Å². The zero-order valence-electron chi connectivity index (χ0n) is 34.4. The summed E-state index contributed by atoms with van der Waals surface area (Å²) in [6, 6.07) is 56.0. The van der Waals surface area contributed by atoms with Crippen LogP contribution >= 0.6 is 0 Å². The fourth-order valence-electron chi connectivity index (χ4n) is 7.14. The molecule has 6 heteroatoms. The van der Waals surface area contributed by atoms with E-state index in [4.69, 9.17) is 9.72 Å². The fourth-order valence-corrected chi connectivity index (χ4v) is 7.14. The summed E-state index contributed by atoms with van der Waals surface area (Å²) >= 11 is 0. The second kappa shape index (κ2) is 16.3. The van der Waals surface area contributed by atoms with E-state index in [0.29, 0.717) is 11.5 Å². The second-order valence-electron chi connectivity index (χ2n) is 16.9. The molecule has 1 aliphatic rings. The molecule has 0 unspecified atom stereocenters. The molecule has 7 aromatic rings. The third-order valence-electron chi connectivity index (χ3n) is 10.6. The first kappa shape index (κ1) is 40.6. The van der Waals surface area contributed by atoms with E-state index in [-0.39, 0.29) is 31.9 Å². The van der Waals surface area contributed by atoms with Gasteiger partial charge in [0.2, 0.25) is 0 Å². The summed E-state index contributed by atoms with van der Waals surface area (Å²) in [5, 5.41) is 0. The molecule has 0 aliphatic carbocycles. The minimum absolute atomic E-state index is 0. The number of para-hydroxylation sites is 2. The van der Waals surface area contributed by atoms with Crippen molar-refractivity contribution in [3.05, 3.63) is 187 Å². The van der Waals surface area contributed by atoms with Gasteiger partial charge in [0.25, 0.3) is 0 Å². The number of fused-ring (bicyclic) bond motifs is 1. The molecule has 0 amide bonds. The zero-order valence-corrected chi connectivity index (χ0v) is 36.7. The fraction of sp³-hybridized carbons (Fsp3) is 0.192. The molecule has 0 N–H and O–H groups in total.